The number of anilines is 1. The third-order valence-corrected chi connectivity index (χ3v) is 7.08. The van der Waals surface area contributed by atoms with Crippen LogP contribution in [-0.4, -0.2) is 28.4 Å². The number of ketones is 1. The predicted molar refractivity (Wildman–Crippen MR) is 140 cm³/mol. The quantitative estimate of drug-likeness (QED) is 0.191. The molecule has 1 saturated heterocycles. The number of aliphatic hydroxyl groups excluding tert-OH is 1. The van der Waals surface area contributed by atoms with Gasteiger partial charge in [0, 0.05) is 5.56 Å². The molecule has 0 spiro atoms. The first-order valence-corrected chi connectivity index (χ1v) is 12.6. The Labute approximate surface area is 212 Å². The minimum absolute atomic E-state index is 0.0471. The van der Waals surface area contributed by atoms with Crippen molar-refractivity contribution >= 4 is 44.1 Å². The summed E-state index contributed by atoms with van der Waals surface area (Å²) in [6.45, 7) is 8.28. The molecule has 184 valence electrons. The monoisotopic (exact) mass is 502 g/mol. The SMILES string of the molecule is CCCOc1cccc(/C(O)=C2\C(=O)C(=O)N(c3nc4c(C)cc(C)cc4s3)C2c2ccc(C)o2)c1. The van der Waals surface area contributed by atoms with Crippen LogP contribution in [-0.2, 0) is 9.59 Å². The number of aliphatic hydroxyl groups is 1. The van der Waals surface area contributed by atoms with Crippen molar-refractivity contribution < 1.29 is 23.8 Å². The highest BCUT2D eigenvalue weighted by Gasteiger charge is 2.49. The highest BCUT2D eigenvalue weighted by atomic mass is 32.1. The molecule has 4 aromatic rings. The molecule has 0 aliphatic carbocycles. The summed E-state index contributed by atoms with van der Waals surface area (Å²) in [4.78, 5) is 32.9. The van der Waals surface area contributed by atoms with E-state index in [1.165, 1.54) is 16.2 Å². The van der Waals surface area contributed by atoms with Gasteiger partial charge in [0.1, 0.15) is 29.1 Å². The van der Waals surface area contributed by atoms with Crippen LogP contribution in [0.4, 0.5) is 5.13 Å². The summed E-state index contributed by atoms with van der Waals surface area (Å²) in [5.74, 6) is -0.274. The molecule has 1 amide bonds. The van der Waals surface area contributed by atoms with Crippen molar-refractivity contribution in [2.75, 3.05) is 11.5 Å². The smallest absolute Gasteiger partial charge is 0.302 e. The van der Waals surface area contributed by atoms with Crippen molar-refractivity contribution in [2.24, 2.45) is 0 Å². The Morgan fingerprint density at radius 3 is 2.67 bits per heavy atom. The van der Waals surface area contributed by atoms with E-state index in [2.05, 4.69) is 0 Å². The Morgan fingerprint density at radius 2 is 1.94 bits per heavy atom. The van der Waals surface area contributed by atoms with Gasteiger partial charge in [-0.1, -0.05) is 36.5 Å². The molecule has 36 heavy (non-hydrogen) atoms. The van der Waals surface area contributed by atoms with E-state index in [4.69, 9.17) is 14.1 Å². The Hall–Kier alpha value is -3.91. The Kier molecular flexibility index (Phi) is 6.14. The van der Waals surface area contributed by atoms with Crippen LogP contribution in [0.1, 0.15) is 47.6 Å². The Morgan fingerprint density at radius 1 is 1.14 bits per heavy atom. The summed E-state index contributed by atoms with van der Waals surface area (Å²) >= 11 is 1.33. The van der Waals surface area contributed by atoms with Gasteiger partial charge in [0.05, 0.1) is 22.4 Å². The number of rotatable bonds is 6. The summed E-state index contributed by atoms with van der Waals surface area (Å²) in [5.41, 5.74) is 3.18. The molecule has 0 saturated carbocycles. The Bertz CT molecular complexity index is 1530. The van der Waals surface area contributed by atoms with Crippen LogP contribution in [0.5, 0.6) is 5.75 Å². The van der Waals surface area contributed by atoms with Gasteiger partial charge < -0.3 is 14.3 Å². The fourth-order valence-electron chi connectivity index (χ4n) is 4.47. The second kappa shape index (κ2) is 9.28. The highest BCUT2D eigenvalue weighted by Crippen LogP contribution is 2.45. The Balaban J connectivity index is 1.68. The lowest BCUT2D eigenvalue weighted by atomic mass is 9.99. The van der Waals surface area contributed by atoms with E-state index in [1.807, 2.05) is 32.9 Å². The minimum atomic E-state index is -0.958. The third-order valence-electron chi connectivity index (χ3n) is 6.08. The van der Waals surface area contributed by atoms with Crippen molar-refractivity contribution in [3.63, 3.8) is 0 Å². The van der Waals surface area contributed by atoms with Crippen molar-refractivity contribution in [1.82, 2.24) is 4.98 Å². The van der Waals surface area contributed by atoms with Gasteiger partial charge in [-0.15, -0.1) is 0 Å². The van der Waals surface area contributed by atoms with E-state index in [-0.39, 0.29) is 11.3 Å². The van der Waals surface area contributed by atoms with Crippen LogP contribution in [0.3, 0.4) is 0 Å². The zero-order chi connectivity index (χ0) is 25.6. The molecule has 1 atom stereocenters. The number of thiazole rings is 1. The molecule has 0 radical (unpaired) electrons. The summed E-state index contributed by atoms with van der Waals surface area (Å²) < 4.78 is 12.5. The molecular weight excluding hydrogens is 476 g/mol. The van der Waals surface area contributed by atoms with Crippen molar-refractivity contribution in [2.45, 2.75) is 40.2 Å². The first-order valence-electron chi connectivity index (χ1n) is 11.8. The zero-order valence-electron chi connectivity index (χ0n) is 20.5. The standard InChI is InChI=1S/C28H26N2O5S/c1-5-11-34-19-8-6-7-18(14-19)25(31)22-24(20-10-9-17(4)35-20)30(27(33)26(22)32)28-29-23-16(3)12-15(2)13-21(23)36-28/h6-10,12-14,24,31H,5,11H2,1-4H3/b25-22+. The molecular formula is C28H26N2O5S. The molecule has 1 fully saturated rings. The topological polar surface area (TPSA) is 92.9 Å². The van der Waals surface area contributed by atoms with Gasteiger partial charge in [-0.2, -0.15) is 0 Å². The van der Waals surface area contributed by atoms with E-state index >= 15 is 0 Å². The van der Waals surface area contributed by atoms with Gasteiger partial charge in [-0.25, -0.2) is 4.98 Å². The van der Waals surface area contributed by atoms with E-state index in [0.29, 0.717) is 34.6 Å². The summed E-state index contributed by atoms with van der Waals surface area (Å²) in [6, 6.07) is 13.4. The average Bonchev–Trinajstić information content (AvgIpc) is 3.54. The van der Waals surface area contributed by atoms with Gasteiger partial charge in [-0.05, 0) is 68.7 Å². The predicted octanol–water partition coefficient (Wildman–Crippen LogP) is 6.23. The van der Waals surface area contributed by atoms with Crippen LogP contribution in [0.15, 0.2) is 58.5 Å². The number of aryl methyl sites for hydroxylation is 3. The van der Waals surface area contributed by atoms with Gasteiger partial charge in [0.25, 0.3) is 5.78 Å². The fraction of sp³-hybridized carbons (Fsp3) is 0.250. The lowest BCUT2D eigenvalue weighted by Crippen LogP contribution is -2.29. The van der Waals surface area contributed by atoms with E-state index < -0.39 is 17.7 Å². The van der Waals surface area contributed by atoms with Gasteiger partial charge in [0.15, 0.2) is 5.13 Å². The zero-order valence-corrected chi connectivity index (χ0v) is 21.3. The maximum Gasteiger partial charge on any atom is 0.302 e. The molecule has 5 rings (SSSR count). The molecule has 1 aliphatic heterocycles. The van der Waals surface area contributed by atoms with E-state index in [0.717, 1.165) is 27.8 Å². The number of fused-ring (bicyclic) bond motifs is 1. The molecule has 1 N–H and O–H groups in total. The number of benzene rings is 2. The normalized spacial score (nSPS) is 17.3. The molecule has 8 heteroatoms. The van der Waals surface area contributed by atoms with Crippen LogP contribution < -0.4 is 9.64 Å². The number of nitrogens with zero attached hydrogens (tertiary/aromatic N) is 2. The maximum absolute atomic E-state index is 13.4. The highest BCUT2D eigenvalue weighted by molar-refractivity contribution is 7.22. The van der Waals surface area contributed by atoms with Gasteiger partial charge in [-0.3, -0.25) is 14.5 Å². The molecule has 1 aliphatic rings. The number of ether oxygens (including phenoxy) is 1. The number of hydrogen-bond donors (Lipinski definition) is 1. The molecule has 3 heterocycles. The van der Waals surface area contributed by atoms with Crippen LogP contribution in [0.25, 0.3) is 16.0 Å². The second-order valence-electron chi connectivity index (χ2n) is 8.92. The summed E-state index contributed by atoms with van der Waals surface area (Å²) in [7, 11) is 0. The first-order chi connectivity index (χ1) is 17.3. The van der Waals surface area contributed by atoms with Crippen LogP contribution in [0.2, 0.25) is 0 Å². The van der Waals surface area contributed by atoms with Crippen molar-refractivity contribution in [1.29, 1.82) is 0 Å². The van der Waals surface area contributed by atoms with Crippen molar-refractivity contribution in [3.8, 4) is 5.75 Å². The summed E-state index contributed by atoms with van der Waals surface area (Å²) in [6.07, 6.45) is 0.834. The molecule has 7 nitrogen and oxygen atoms in total. The largest absolute Gasteiger partial charge is 0.507 e. The molecule has 0 bridgehead atoms. The second-order valence-corrected chi connectivity index (χ2v) is 9.93. The number of aromatic nitrogens is 1. The molecule has 1 unspecified atom stereocenters. The number of hydrogen-bond acceptors (Lipinski definition) is 7. The number of amides is 1. The molecule has 2 aromatic carbocycles. The summed E-state index contributed by atoms with van der Waals surface area (Å²) in [5, 5.41) is 11.7. The maximum atomic E-state index is 13.4. The fourth-order valence-corrected chi connectivity index (χ4v) is 5.64. The van der Waals surface area contributed by atoms with Gasteiger partial charge >= 0.3 is 5.91 Å². The van der Waals surface area contributed by atoms with Crippen LogP contribution >= 0.6 is 11.3 Å². The average molecular weight is 503 g/mol. The third kappa shape index (κ3) is 4.07. The van der Waals surface area contributed by atoms with Crippen LogP contribution in [0, 0.1) is 20.8 Å². The lowest BCUT2D eigenvalue weighted by Gasteiger charge is -2.20. The number of furan rings is 1. The van der Waals surface area contributed by atoms with Gasteiger partial charge in [0.2, 0.25) is 0 Å². The number of carbonyl (C=O) groups is 2. The first kappa shape index (κ1) is 23.8. The molecule has 2 aromatic heterocycles. The van der Waals surface area contributed by atoms with E-state index in [9.17, 15) is 14.7 Å². The minimum Gasteiger partial charge on any atom is -0.507 e. The van der Waals surface area contributed by atoms with Crippen molar-refractivity contribution in [3.05, 3.63) is 82.3 Å². The number of carbonyl (C=O) groups excluding carboxylic acids is 2. The number of Topliss-reactive ketones (excluding diaryl/α,β-unsaturated/α-hetero) is 1. The lowest BCUT2D eigenvalue weighted by molar-refractivity contribution is -0.132. The van der Waals surface area contributed by atoms with E-state index in [1.54, 1.807) is 43.3 Å².